The Bertz CT molecular complexity index is 122. The van der Waals surface area contributed by atoms with Gasteiger partial charge in [0.15, 0.2) is 6.17 Å². The van der Waals surface area contributed by atoms with Crippen LogP contribution in [-0.4, -0.2) is 41.7 Å². The van der Waals surface area contributed by atoms with Crippen molar-refractivity contribution in [3.8, 4) is 0 Å². The third kappa shape index (κ3) is 3.36. The fraction of sp³-hybridized carbons (Fsp3) is 1.00. The van der Waals surface area contributed by atoms with Gasteiger partial charge >= 0.3 is 0 Å². The zero-order valence-electron chi connectivity index (χ0n) is 6.13. The SMILES string of the molecule is OC(CCF)C(O)C(F)C(F)F. The molecular formula is C6H10F4O2. The first-order chi connectivity index (χ1) is 5.50. The summed E-state index contributed by atoms with van der Waals surface area (Å²) in [6, 6.07) is 0. The van der Waals surface area contributed by atoms with Crippen molar-refractivity contribution >= 4 is 0 Å². The zero-order chi connectivity index (χ0) is 9.72. The van der Waals surface area contributed by atoms with E-state index in [1.165, 1.54) is 0 Å². The lowest BCUT2D eigenvalue weighted by Gasteiger charge is -2.19. The molecule has 3 unspecified atom stereocenters. The van der Waals surface area contributed by atoms with Crippen molar-refractivity contribution < 1.29 is 27.8 Å². The van der Waals surface area contributed by atoms with Crippen LogP contribution in [0.3, 0.4) is 0 Å². The average molecular weight is 190 g/mol. The number of hydrogen-bond donors (Lipinski definition) is 2. The van der Waals surface area contributed by atoms with Crippen LogP contribution in [0, 0.1) is 0 Å². The molecule has 0 saturated carbocycles. The summed E-state index contributed by atoms with van der Waals surface area (Å²) < 4.78 is 46.8. The third-order valence-corrected chi connectivity index (χ3v) is 1.37. The maximum Gasteiger partial charge on any atom is 0.272 e. The molecule has 0 aliphatic carbocycles. The zero-order valence-corrected chi connectivity index (χ0v) is 6.13. The normalized spacial score (nSPS) is 19.2. The first kappa shape index (κ1) is 11.6. The molecule has 0 bridgehead atoms. The summed E-state index contributed by atoms with van der Waals surface area (Å²) in [4.78, 5) is 0. The van der Waals surface area contributed by atoms with Crippen LogP contribution in [0.4, 0.5) is 17.6 Å². The maximum atomic E-state index is 12.2. The number of hydrogen-bond acceptors (Lipinski definition) is 2. The van der Waals surface area contributed by atoms with Crippen molar-refractivity contribution in [3.63, 3.8) is 0 Å². The molecule has 0 aliphatic heterocycles. The smallest absolute Gasteiger partial charge is 0.272 e. The molecule has 0 fully saturated rings. The fourth-order valence-corrected chi connectivity index (χ4v) is 0.644. The van der Waals surface area contributed by atoms with Crippen molar-refractivity contribution in [2.24, 2.45) is 0 Å². The Morgan fingerprint density at radius 2 is 1.58 bits per heavy atom. The molecule has 2 nitrogen and oxygen atoms in total. The number of aliphatic hydroxyl groups excluding tert-OH is 2. The van der Waals surface area contributed by atoms with Gasteiger partial charge < -0.3 is 10.2 Å². The summed E-state index contributed by atoms with van der Waals surface area (Å²) in [6.07, 6.45) is -10.7. The second-order valence-electron chi connectivity index (χ2n) is 2.31. The van der Waals surface area contributed by atoms with Crippen LogP contribution in [0.25, 0.3) is 0 Å². The average Bonchev–Trinajstić information content (AvgIpc) is 2.02. The third-order valence-electron chi connectivity index (χ3n) is 1.37. The number of aliphatic hydroxyl groups is 2. The minimum atomic E-state index is -3.37. The van der Waals surface area contributed by atoms with Crippen molar-refractivity contribution in [3.05, 3.63) is 0 Å². The first-order valence-electron chi connectivity index (χ1n) is 3.35. The molecule has 6 heteroatoms. The van der Waals surface area contributed by atoms with E-state index < -0.39 is 37.9 Å². The Balaban J connectivity index is 3.90. The maximum absolute atomic E-state index is 12.2. The van der Waals surface area contributed by atoms with Gasteiger partial charge in [-0.3, -0.25) is 4.39 Å². The summed E-state index contributed by atoms with van der Waals surface area (Å²) in [5.41, 5.74) is 0. The predicted octanol–water partition coefficient (Wildman–Crippen LogP) is 0.671. The molecule has 0 aromatic rings. The molecule has 0 spiro atoms. The molecule has 0 rings (SSSR count). The van der Waals surface area contributed by atoms with Gasteiger partial charge in [0.25, 0.3) is 6.43 Å². The van der Waals surface area contributed by atoms with E-state index in [2.05, 4.69) is 0 Å². The van der Waals surface area contributed by atoms with Gasteiger partial charge in [-0.15, -0.1) is 0 Å². The van der Waals surface area contributed by atoms with Gasteiger partial charge in [0.1, 0.15) is 6.10 Å². The number of rotatable bonds is 5. The predicted molar refractivity (Wildman–Crippen MR) is 33.5 cm³/mol. The minimum absolute atomic E-state index is 0.547. The van der Waals surface area contributed by atoms with E-state index in [1.807, 2.05) is 0 Å². The summed E-state index contributed by atoms with van der Waals surface area (Å²) in [5.74, 6) is 0. The van der Waals surface area contributed by atoms with Crippen LogP contribution in [0.2, 0.25) is 0 Å². The largest absolute Gasteiger partial charge is 0.390 e. The van der Waals surface area contributed by atoms with Gasteiger partial charge in [-0.2, -0.15) is 0 Å². The van der Waals surface area contributed by atoms with Crippen LogP contribution in [-0.2, 0) is 0 Å². The Morgan fingerprint density at radius 1 is 1.08 bits per heavy atom. The standard InChI is InChI=1S/C6H10F4O2/c7-2-1-3(11)5(12)4(8)6(9)10/h3-6,11-12H,1-2H2. The van der Waals surface area contributed by atoms with Gasteiger partial charge in [-0.25, -0.2) is 13.2 Å². The molecule has 12 heavy (non-hydrogen) atoms. The molecule has 74 valence electrons. The second kappa shape index (κ2) is 5.31. The molecule has 0 heterocycles. The van der Waals surface area contributed by atoms with Crippen LogP contribution >= 0.6 is 0 Å². The molecule has 0 aromatic heterocycles. The highest BCUT2D eigenvalue weighted by Gasteiger charge is 2.32. The van der Waals surface area contributed by atoms with Crippen molar-refractivity contribution in [2.75, 3.05) is 6.67 Å². The summed E-state index contributed by atoms with van der Waals surface area (Å²) in [5, 5.41) is 17.3. The summed E-state index contributed by atoms with van der Waals surface area (Å²) in [7, 11) is 0. The van der Waals surface area contributed by atoms with Crippen LogP contribution in [0.5, 0.6) is 0 Å². The van der Waals surface area contributed by atoms with E-state index in [0.717, 1.165) is 0 Å². The lowest BCUT2D eigenvalue weighted by molar-refractivity contribution is -0.0844. The van der Waals surface area contributed by atoms with E-state index in [-0.39, 0.29) is 0 Å². The van der Waals surface area contributed by atoms with Crippen molar-refractivity contribution in [1.29, 1.82) is 0 Å². The van der Waals surface area contributed by atoms with Crippen molar-refractivity contribution in [2.45, 2.75) is 31.2 Å². The molecule has 0 saturated heterocycles. The monoisotopic (exact) mass is 190 g/mol. The van der Waals surface area contributed by atoms with E-state index in [4.69, 9.17) is 10.2 Å². The molecule has 0 aliphatic rings. The highest BCUT2D eigenvalue weighted by molar-refractivity contribution is 4.76. The first-order valence-corrected chi connectivity index (χ1v) is 3.35. The Morgan fingerprint density at radius 3 is 1.92 bits per heavy atom. The van der Waals surface area contributed by atoms with E-state index in [0.29, 0.717) is 0 Å². The Kier molecular flexibility index (Phi) is 5.16. The van der Waals surface area contributed by atoms with Gasteiger partial charge in [-0.1, -0.05) is 0 Å². The molecule has 3 atom stereocenters. The van der Waals surface area contributed by atoms with Crippen LogP contribution < -0.4 is 0 Å². The van der Waals surface area contributed by atoms with Gasteiger partial charge in [0, 0.05) is 6.42 Å². The quantitative estimate of drug-likeness (QED) is 0.625. The summed E-state index contributed by atoms with van der Waals surface area (Å²) in [6.45, 7) is -0.992. The van der Waals surface area contributed by atoms with E-state index in [9.17, 15) is 17.6 Å². The molecule has 2 N–H and O–H groups in total. The van der Waals surface area contributed by atoms with Gasteiger partial charge in [0.05, 0.1) is 12.8 Å². The lowest BCUT2D eigenvalue weighted by atomic mass is 10.1. The molecule has 0 amide bonds. The topological polar surface area (TPSA) is 40.5 Å². The lowest BCUT2D eigenvalue weighted by Crippen LogP contribution is -2.39. The van der Waals surface area contributed by atoms with Gasteiger partial charge in [0.2, 0.25) is 0 Å². The minimum Gasteiger partial charge on any atom is -0.390 e. The van der Waals surface area contributed by atoms with E-state index in [1.54, 1.807) is 0 Å². The Hall–Kier alpha value is -0.360. The molecule has 0 radical (unpaired) electrons. The van der Waals surface area contributed by atoms with Crippen LogP contribution in [0.1, 0.15) is 6.42 Å². The molecular weight excluding hydrogens is 180 g/mol. The Labute approximate surface area is 66.8 Å². The van der Waals surface area contributed by atoms with E-state index >= 15 is 0 Å². The summed E-state index contributed by atoms with van der Waals surface area (Å²) >= 11 is 0. The highest BCUT2D eigenvalue weighted by Crippen LogP contribution is 2.14. The fourth-order valence-electron chi connectivity index (χ4n) is 0.644. The highest BCUT2D eigenvalue weighted by atomic mass is 19.3. The van der Waals surface area contributed by atoms with Crippen LogP contribution in [0.15, 0.2) is 0 Å². The molecule has 0 aromatic carbocycles. The number of alkyl halides is 4. The number of halogens is 4. The van der Waals surface area contributed by atoms with Crippen molar-refractivity contribution in [1.82, 2.24) is 0 Å². The van der Waals surface area contributed by atoms with Gasteiger partial charge in [-0.05, 0) is 0 Å². The second-order valence-corrected chi connectivity index (χ2v) is 2.31.